The van der Waals surface area contributed by atoms with Crippen LogP contribution in [0.15, 0.2) is 23.0 Å². The molecule has 1 saturated carbocycles. The van der Waals surface area contributed by atoms with Gasteiger partial charge in [-0.1, -0.05) is 6.92 Å². The first-order chi connectivity index (χ1) is 19.1. The van der Waals surface area contributed by atoms with Gasteiger partial charge in [0.15, 0.2) is 17.1 Å². The summed E-state index contributed by atoms with van der Waals surface area (Å²) in [6, 6.07) is -0.673. The van der Waals surface area contributed by atoms with Crippen LogP contribution in [0, 0.1) is 11.8 Å². The lowest BCUT2D eigenvalue weighted by Gasteiger charge is -2.50. The number of Topliss-reactive ketones (excluding diaryl/α,β-unsaturated/α-hetero) is 2. The topological polar surface area (TPSA) is 223 Å². The minimum atomic E-state index is -2.76. The molecule has 41 heavy (non-hydrogen) atoms. The van der Waals surface area contributed by atoms with Gasteiger partial charge in [-0.05, 0) is 44.5 Å². The molecule has 0 aliphatic heterocycles. The normalized spacial score (nSPS) is 25.4. The number of amides is 4. The molecule has 3 aliphatic rings. The minimum Gasteiger partial charge on any atom is -0.508 e. The van der Waals surface area contributed by atoms with Crippen LogP contribution in [0.25, 0.3) is 5.76 Å². The number of fused-ring (bicyclic) bond motifs is 3. The van der Waals surface area contributed by atoms with Crippen LogP contribution in [0.5, 0.6) is 5.75 Å². The summed E-state index contributed by atoms with van der Waals surface area (Å²) in [7, 11) is 6.42. The fourth-order valence-electron chi connectivity index (χ4n) is 6.15. The maximum atomic E-state index is 14.0. The number of aliphatic hydroxyl groups is 3. The van der Waals surface area contributed by atoms with E-state index in [1.807, 2.05) is 0 Å². The lowest BCUT2D eigenvalue weighted by atomic mass is 9.57. The lowest BCUT2D eigenvalue weighted by molar-refractivity contribution is -0.153. The highest BCUT2D eigenvalue weighted by Gasteiger charge is 2.64. The van der Waals surface area contributed by atoms with E-state index in [0.29, 0.717) is 11.3 Å². The predicted octanol–water partition coefficient (Wildman–Crippen LogP) is 0.0881. The van der Waals surface area contributed by atoms with E-state index in [2.05, 4.69) is 10.6 Å². The van der Waals surface area contributed by atoms with E-state index in [9.17, 15) is 44.4 Å². The molecule has 14 heteroatoms. The Kier molecular flexibility index (Phi) is 7.35. The number of hydrogen-bond acceptors (Lipinski definition) is 11. The number of hydrogen-bond donors (Lipinski definition) is 7. The van der Waals surface area contributed by atoms with Crippen LogP contribution >= 0.6 is 0 Å². The van der Waals surface area contributed by atoms with Gasteiger partial charge in [0.2, 0.25) is 11.7 Å². The third kappa shape index (κ3) is 4.39. The largest absolute Gasteiger partial charge is 0.508 e. The molecule has 1 fully saturated rings. The van der Waals surface area contributed by atoms with Gasteiger partial charge < -0.3 is 36.4 Å². The number of phenols is 1. The number of nitrogens with one attached hydrogen (secondary N) is 2. The van der Waals surface area contributed by atoms with Gasteiger partial charge in [0, 0.05) is 37.7 Å². The summed E-state index contributed by atoms with van der Waals surface area (Å²) in [5, 5.41) is 49.7. The highest BCUT2D eigenvalue weighted by atomic mass is 16.3. The van der Waals surface area contributed by atoms with Gasteiger partial charge in [-0.25, -0.2) is 4.79 Å². The van der Waals surface area contributed by atoms with E-state index in [1.54, 1.807) is 25.9 Å². The van der Waals surface area contributed by atoms with Gasteiger partial charge in [0.1, 0.15) is 17.1 Å². The SMILES string of the molecule is CCC(=O)NC(=O)Nc1cc(N(C)C)c2c(c1O)C(O)=C1C(=O)C3(O)C(O)=C(C(N)=O)C(=O)C(N(C)C)C3CC1C2. The smallest absolute Gasteiger partial charge is 0.325 e. The second-order valence-corrected chi connectivity index (χ2v) is 10.9. The maximum absolute atomic E-state index is 14.0. The maximum Gasteiger partial charge on any atom is 0.325 e. The molecule has 0 heterocycles. The van der Waals surface area contributed by atoms with Crippen molar-refractivity contribution in [2.75, 3.05) is 38.4 Å². The fourth-order valence-corrected chi connectivity index (χ4v) is 6.15. The van der Waals surface area contributed by atoms with Gasteiger partial charge in [-0.15, -0.1) is 0 Å². The van der Waals surface area contributed by atoms with Gasteiger partial charge in [-0.3, -0.25) is 29.4 Å². The van der Waals surface area contributed by atoms with Crippen molar-refractivity contribution in [3.05, 3.63) is 34.1 Å². The summed E-state index contributed by atoms with van der Waals surface area (Å²) < 4.78 is 0. The zero-order valence-corrected chi connectivity index (χ0v) is 23.2. The molecule has 4 rings (SSSR count). The summed E-state index contributed by atoms with van der Waals surface area (Å²) in [5.41, 5.74) is 1.89. The number of urea groups is 1. The third-order valence-electron chi connectivity index (χ3n) is 8.00. The number of primary amides is 1. The molecule has 0 spiro atoms. The Morgan fingerprint density at radius 2 is 1.76 bits per heavy atom. The highest BCUT2D eigenvalue weighted by molar-refractivity contribution is 6.24. The molecule has 0 saturated heterocycles. The van der Waals surface area contributed by atoms with Crippen LogP contribution < -0.4 is 21.3 Å². The Hall–Kier alpha value is -4.43. The minimum absolute atomic E-state index is 0.0336. The Balaban J connectivity index is 1.93. The number of benzene rings is 1. The molecule has 0 radical (unpaired) electrons. The zero-order valence-electron chi connectivity index (χ0n) is 23.2. The van der Waals surface area contributed by atoms with Crippen molar-refractivity contribution >= 4 is 46.5 Å². The first-order valence-corrected chi connectivity index (χ1v) is 12.9. The molecule has 4 unspecified atom stereocenters. The van der Waals surface area contributed by atoms with Crippen molar-refractivity contribution < 1.29 is 44.4 Å². The Morgan fingerprint density at radius 1 is 1.12 bits per heavy atom. The Bertz CT molecular complexity index is 1460. The standard InChI is InChI=1S/C27H33N5O9/c1-6-15(33)30-26(40)29-13-9-14(31(2)3)11-7-10-8-12-19(32(4)5)22(36)18(25(28)39)24(38)27(12,41)23(37)16(10)21(35)17(11)20(13)34/h9-10,12,19,34-35,38,41H,6-8H2,1-5H3,(H2,28,39)(H2,29,30,33,40). The van der Waals surface area contributed by atoms with Crippen molar-refractivity contribution in [3.8, 4) is 5.75 Å². The van der Waals surface area contributed by atoms with Crippen molar-refractivity contribution in [2.24, 2.45) is 17.6 Å². The number of likely N-dealkylation sites (N-methyl/N-ethyl adjacent to an activating group) is 1. The molecule has 0 aromatic heterocycles. The van der Waals surface area contributed by atoms with Crippen molar-refractivity contribution in [1.29, 1.82) is 0 Å². The fraction of sp³-hybridized carbons (Fsp3) is 0.444. The number of aliphatic hydroxyl groups excluding tert-OH is 2. The molecule has 4 amide bonds. The second-order valence-electron chi connectivity index (χ2n) is 10.9. The highest BCUT2D eigenvalue weighted by Crippen LogP contribution is 2.54. The van der Waals surface area contributed by atoms with E-state index in [4.69, 9.17) is 5.73 Å². The van der Waals surface area contributed by atoms with Gasteiger partial charge >= 0.3 is 6.03 Å². The van der Waals surface area contributed by atoms with E-state index in [-0.39, 0.29) is 36.1 Å². The van der Waals surface area contributed by atoms with E-state index < -0.39 is 75.7 Å². The molecule has 3 aliphatic carbocycles. The van der Waals surface area contributed by atoms with Crippen molar-refractivity contribution in [2.45, 2.75) is 37.8 Å². The van der Waals surface area contributed by atoms with Crippen molar-refractivity contribution in [1.82, 2.24) is 10.2 Å². The third-order valence-corrected chi connectivity index (χ3v) is 8.00. The summed E-state index contributed by atoms with van der Waals surface area (Å²) in [5.74, 6) is -8.30. The summed E-state index contributed by atoms with van der Waals surface area (Å²) in [4.78, 5) is 66.4. The molecule has 8 N–H and O–H groups in total. The van der Waals surface area contributed by atoms with E-state index >= 15 is 0 Å². The number of nitrogens with zero attached hydrogens (tertiary/aromatic N) is 2. The predicted molar refractivity (Wildman–Crippen MR) is 146 cm³/mol. The number of aromatic hydroxyl groups is 1. The number of anilines is 2. The van der Waals surface area contributed by atoms with Crippen LogP contribution in [0.4, 0.5) is 16.2 Å². The number of carbonyl (C=O) groups is 5. The van der Waals surface area contributed by atoms with Crippen LogP contribution in [0.2, 0.25) is 0 Å². The number of imide groups is 1. The Morgan fingerprint density at radius 3 is 2.29 bits per heavy atom. The van der Waals surface area contributed by atoms with E-state index in [1.165, 1.54) is 25.1 Å². The molecule has 220 valence electrons. The van der Waals surface area contributed by atoms with Gasteiger partial charge in [0.25, 0.3) is 5.91 Å². The summed E-state index contributed by atoms with van der Waals surface area (Å²) in [6.07, 6.45) is 0.0587. The van der Waals surface area contributed by atoms with Crippen LogP contribution in [-0.2, 0) is 25.6 Å². The molecule has 14 nitrogen and oxygen atoms in total. The van der Waals surface area contributed by atoms with Crippen LogP contribution in [0.3, 0.4) is 0 Å². The quantitative estimate of drug-likeness (QED) is 0.185. The number of ketones is 2. The number of carbonyl (C=O) groups excluding carboxylic acids is 5. The van der Waals surface area contributed by atoms with Gasteiger partial charge in [0.05, 0.1) is 17.3 Å². The average molecular weight is 572 g/mol. The lowest BCUT2D eigenvalue weighted by Crippen LogP contribution is -2.65. The molecule has 1 aromatic rings. The van der Waals surface area contributed by atoms with Crippen LogP contribution in [-0.4, -0.2) is 94.6 Å². The molecule has 0 bridgehead atoms. The number of nitrogens with two attached hydrogens (primary N) is 1. The number of rotatable bonds is 5. The summed E-state index contributed by atoms with van der Waals surface area (Å²) >= 11 is 0. The van der Waals surface area contributed by atoms with Gasteiger partial charge in [-0.2, -0.15) is 0 Å². The van der Waals surface area contributed by atoms with Crippen LogP contribution in [0.1, 0.15) is 30.9 Å². The first kappa shape index (κ1) is 29.6. The van der Waals surface area contributed by atoms with Crippen molar-refractivity contribution in [3.63, 3.8) is 0 Å². The summed E-state index contributed by atoms with van der Waals surface area (Å²) in [6.45, 7) is 1.55. The first-order valence-electron chi connectivity index (χ1n) is 12.9. The monoisotopic (exact) mass is 571 g/mol. The molecule has 1 aromatic carbocycles. The average Bonchev–Trinajstić information content (AvgIpc) is 2.87. The Labute approximate surface area is 235 Å². The molecule has 4 atom stereocenters. The zero-order chi connectivity index (χ0) is 30.7. The molecular weight excluding hydrogens is 538 g/mol. The van der Waals surface area contributed by atoms with E-state index in [0.717, 1.165) is 0 Å². The number of phenolic OH excluding ortho intramolecular Hbond substituents is 1. The second kappa shape index (κ2) is 10.2. The molecular formula is C27H33N5O9.